The van der Waals surface area contributed by atoms with Crippen molar-refractivity contribution in [2.45, 2.75) is 27.3 Å². The summed E-state index contributed by atoms with van der Waals surface area (Å²) in [6.45, 7) is 4.82. The zero-order chi connectivity index (χ0) is 17.9. The van der Waals surface area contributed by atoms with E-state index in [1.54, 1.807) is 0 Å². The summed E-state index contributed by atoms with van der Waals surface area (Å²) in [5.74, 6) is -1.04. The van der Waals surface area contributed by atoms with Gasteiger partial charge >= 0.3 is 11.7 Å². The number of rotatable bonds is 5. The van der Waals surface area contributed by atoms with E-state index in [9.17, 15) is 19.2 Å². The smallest absolute Gasteiger partial charge is 0.328 e. The molecule has 1 aromatic carbocycles. The molecule has 0 aliphatic heterocycles. The van der Waals surface area contributed by atoms with Crippen LogP contribution in [0.15, 0.2) is 34.0 Å². The van der Waals surface area contributed by atoms with Crippen LogP contribution in [-0.2, 0) is 16.1 Å². The summed E-state index contributed by atoms with van der Waals surface area (Å²) < 4.78 is 5.94. The fourth-order valence-electron chi connectivity index (χ4n) is 2.59. The van der Waals surface area contributed by atoms with Crippen molar-refractivity contribution in [2.24, 2.45) is 0 Å². The largest absolute Gasteiger partial charge is 0.456 e. The first kappa shape index (κ1) is 17.4. The molecule has 0 radical (unpaired) electrons. The molecule has 2 rings (SSSR count). The number of benzene rings is 1. The van der Waals surface area contributed by atoms with Crippen molar-refractivity contribution < 1.29 is 14.3 Å². The predicted molar refractivity (Wildman–Crippen MR) is 87.3 cm³/mol. The van der Waals surface area contributed by atoms with E-state index in [1.165, 1.54) is 6.20 Å². The lowest BCUT2D eigenvalue weighted by Crippen LogP contribution is -2.31. The number of H-pyrrole nitrogens is 1. The highest BCUT2D eigenvalue weighted by molar-refractivity contribution is 6.00. The lowest BCUT2D eigenvalue weighted by Gasteiger charge is -2.11. The summed E-state index contributed by atoms with van der Waals surface area (Å²) in [6, 6.07) is 4.91. The molecule has 0 spiro atoms. The van der Waals surface area contributed by atoms with Gasteiger partial charge in [-0.1, -0.05) is 17.7 Å². The minimum Gasteiger partial charge on any atom is -0.456 e. The maximum absolute atomic E-state index is 12.3. The predicted octanol–water partition coefficient (Wildman–Crippen LogP) is 0.888. The van der Waals surface area contributed by atoms with Crippen molar-refractivity contribution in [3.05, 3.63) is 67.5 Å². The van der Waals surface area contributed by atoms with Gasteiger partial charge in [-0.2, -0.15) is 0 Å². The highest BCUT2D eigenvalue weighted by Crippen LogP contribution is 2.17. The third-order valence-corrected chi connectivity index (χ3v) is 3.52. The molecule has 0 bridgehead atoms. The van der Waals surface area contributed by atoms with Gasteiger partial charge in [0, 0.05) is 17.8 Å². The van der Waals surface area contributed by atoms with E-state index in [4.69, 9.17) is 4.74 Å². The van der Waals surface area contributed by atoms with Crippen LogP contribution in [0.5, 0.6) is 0 Å². The van der Waals surface area contributed by atoms with Gasteiger partial charge in [-0.25, -0.2) is 4.79 Å². The van der Waals surface area contributed by atoms with E-state index in [-0.39, 0.29) is 12.3 Å². The summed E-state index contributed by atoms with van der Waals surface area (Å²) in [5, 5.41) is 0. The molecule has 1 heterocycles. The molecule has 0 atom stereocenters. The van der Waals surface area contributed by atoms with Crippen molar-refractivity contribution in [1.82, 2.24) is 9.55 Å². The van der Waals surface area contributed by atoms with Crippen LogP contribution in [0.3, 0.4) is 0 Å². The number of aromatic amines is 1. The van der Waals surface area contributed by atoms with Crippen molar-refractivity contribution in [2.75, 3.05) is 6.61 Å². The maximum Gasteiger partial charge on any atom is 0.328 e. The third kappa shape index (κ3) is 4.07. The van der Waals surface area contributed by atoms with Gasteiger partial charge in [0.15, 0.2) is 6.61 Å². The molecule has 0 saturated heterocycles. The number of hydrogen-bond donors (Lipinski definition) is 1. The van der Waals surface area contributed by atoms with Crippen molar-refractivity contribution in [3.8, 4) is 0 Å². The highest BCUT2D eigenvalue weighted by Gasteiger charge is 2.15. The molecule has 1 aromatic heterocycles. The van der Waals surface area contributed by atoms with Crippen molar-refractivity contribution in [3.63, 3.8) is 0 Å². The second-order valence-electron chi connectivity index (χ2n) is 5.60. The van der Waals surface area contributed by atoms with Gasteiger partial charge in [0.1, 0.15) is 6.54 Å². The van der Waals surface area contributed by atoms with Crippen LogP contribution < -0.4 is 11.2 Å². The summed E-state index contributed by atoms with van der Waals surface area (Å²) in [5.41, 5.74) is 1.97. The zero-order valence-corrected chi connectivity index (χ0v) is 13.7. The monoisotopic (exact) mass is 330 g/mol. The van der Waals surface area contributed by atoms with Crippen LogP contribution in [0.2, 0.25) is 0 Å². The van der Waals surface area contributed by atoms with Gasteiger partial charge in [-0.3, -0.25) is 23.9 Å². The Bertz CT molecular complexity index is 885. The Labute approximate surface area is 137 Å². The van der Waals surface area contributed by atoms with E-state index < -0.39 is 23.8 Å². The lowest BCUT2D eigenvalue weighted by molar-refractivity contribution is -0.143. The molecule has 7 nitrogen and oxygen atoms in total. The van der Waals surface area contributed by atoms with Crippen LogP contribution in [0, 0.1) is 20.8 Å². The lowest BCUT2D eigenvalue weighted by atomic mass is 9.97. The van der Waals surface area contributed by atoms with E-state index in [1.807, 2.05) is 37.9 Å². The average molecular weight is 330 g/mol. The first-order valence-electron chi connectivity index (χ1n) is 7.34. The number of ether oxygens (including phenoxy) is 1. The normalized spacial score (nSPS) is 10.5. The quantitative estimate of drug-likeness (QED) is 0.648. The number of esters is 1. The Morgan fingerprint density at radius 2 is 1.75 bits per heavy atom. The number of nitrogens with one attached hydrogen (secondary N) is 1. The number of nitrogens with zero attached hydrogens (tertiary/aromatic N) is 1. The van der Waals surface area contributed by atoms with Crippen LogP contribution in [0.25, 0.3) is 0 Å². The summed E-state index contributed by atoms with van der Waals surface area (Å²) >= 11 is 0. The number of aromatic nitrogens is 2. The number of hydrogen-bond acceptors (Lipinski definition) is 5. The number of carbonyl (C=O) groups is 2. The summed E-state index contributed by atoms with van der Waals surface area (Å²) in [4.78, 5) is 48.5. The standard InChI is InChI=1S/C17H18N2O5/c1-10-6-11(2)16(12(3)7-10)13(20)9-24-15(22)8-19-5-4-14(21)18-17(19)23/h4-7H,8-9H2,1-3H3,(H,18,21,23). The second-order valence-corrected chi connectivity index (χ2v) is 5.60. The number of ketones is 1. The van der Waals surface area contributed by atoms with Gasteiger partial charge < -0.3 is 4.74 Å². The number of carbonyl (C=O) groups excluding carboxylic acids is 2. The fourth-order valence-corrected chi connectivity index (χ4v) is 2.59. The molecule has 0 fully saturated rings. The molecule has 2 aromatic rings. The molecule has 0 unspecified atom stereocenters. The topological polar surface area (TPSA) is 98.2 Å². The van der Waals surface area contributed by atoms with Crippen LogP contribution >= 0.6 is 0 Å². The Morgan fingerprint density at radius 1 is 1.12 bits per heavy atom. The summed E-state index contributed by atoms with van der Waals surface area (Å²) in [7, 11) is 0. The molecule has 126 valence electrons. The molecule has 0 saturated carbocycles. The number of aryl methyl sites for hydroxylation is 3. The van der Waals surface area contributed by atoms with Gasteiger partial charge in [0.2, 0.25) is 5.78 Å². The Kier molecular flexibility index (Phi) is 5.13. The molecular weight excluding hydrogens is 312 g/mol. The molecular formula is C17H18N2O5. The molecule has 0 aliphatic carbocycles. The van der Waals surface area contributed by atoms with Crippen LogP contribution in [-0.4, -0.2) is 27.9 Å². The summed E-state index contributed by atoms with van der Waals surface area (Å²) in [6.07, 6.45) is 1.19. The van der Waals surface area contributed by atoms with E-state index in [0.717, 1.165) is 27.3 Å². The second kappa shape index (κ2) is 7.08. The SMILES string of the molecule is Cc1cc(C)c(C(=O)COC(=O)Cn2ccc(=O)[nH]c2=O)c(C)c1. The highest BCUT2D eigenvalue weighted by atomic mass is 16.5. The van der Waals surface area contributed by atoms with Crippen LogP contribution in [0.1, 0.15) is 27.0 Å². The third-order valence-electron chi connectivity index (χ3n) is 3.52. The van der Waals surface area contributed by atoms with E-state index in [0.29, 0.717) is 5.56 Å². The molecule has 1 N–H and O–H groups in total. The average Bonchev–Trinajstić information content (AvgIpc) is 2.47. The Balaban J connectivity index is 2.03. The number of Topliss-reactive ketones (excluding diaryl/α,β-unsaturated/α-hetero) is 1. The van der Waals surface area contributed by atoms with Gasteiger partial charge in [0.25, 0.3) is 5.56 Å². The van der Waals surface area contributed by atoms with E-state index >= 15 is 0 Å². The van der Waals surface area contributed by atoms with Crippen molar-refractivity contribution >= 4 is 11.8 Å². The Morgan fingerprint density at radius 3 is 2.33 bits per heavy atom. The van der Waals surface area contributed by atoms with Crippen LogP contribution in [0.4, 0.5) is 0 Å². The minimum absolute atomic E-state index is 0.299. The van der Waals surface area contributed by atoms with Crippen molar-refractivity contribution in [1.29, 1.82) is 0 Å². The molecule has 7 heteroatoms. The first-order valence-corrected chi connectivity index (χ1v) is 7.34. The first-order chi connectivity index (χ1) is 11.3. The van der Waals surface area contributed by atoms with Gasteiger partial charge in [-0.15, -0.1) is 0 Å². The van der Waals surface area contributed by atoms with E-state index in [2.05, 4.69) is 0 Å². The fraction of sp³-hybridized carbons (Fsp3) is 0.294. The van der Waals surface area contributed by atoms with Gasteiger partial charge in [0.05, 0.1) is 0 Å². The molecule has 24 heavy (non-hydrogen) atoms. The molecule has 0 amide bonds. The zero-order valence-electron chi connectivity index (χ0n) is 13.7. The maximum atomic E-state index is 12.3. The molecule has 0 aliphatic rings. The van der Waals surface area contributed by atoms with Gasteiger partial charge in [-0.05, 0) is 31.9 Å². The Hall–Kier alpha value is -2.96. The minimum atomic E-state index is -0.736.